The number of fused-ring (bicyclic) bond motifs is 1. The predicted molar refractivity (Wildman–Crippen MR) is 94.0 cm³/mol. The lowest BCUT2D eigenvalue weighted by Crippen LogP contribution is -2.46. The summed E-state index contributed by atoms with van der Waals surface area (Å²) in [6.07, 6.45) is 4.41. The van der Waals surface area contributed by atoms with E-state index >= 15 is 0 Å². The molecule has 2 aliphatic rings. The zero-order chi connectivity index (χ0) is 16.5. The summed E-state index contributed by atoms with van der Waals surface area (Å²) in [7, 11) is 2.18. The van der Waals surface area contributed by atoms with Gasteiger partial charge >= 0.3 is 0 Å². The number of ether oxygens (including phenoxy) is 1. The highest BCUT2D eigenvalue weighted by Crippen LogP contribution is 2.33. The van der Waals surface area contributed by atoms with Gasteiger partial charge in [0.25, 0.3) is 0 Å². The topological polar surface area (TPSA) is 41.7 Å². The van der Waals surface area contributed by atoms with Crippen molar-refractivity contribution in [1.82, 2.24) is 14.8 Å². The molecule has 0 amide bonds. The number of aromatic nitrogens is 1. The van der Waals surface area contributed by atoms with E-state index in [4.69, 9.17) is 9.15 Å². The van der Waals surface area contributed by atoms with Crippen LogP contribution in [0.15, 0.2) is 28.2 Å². The molecule has 0 N–H and O–H groups in total. The highest BCUT2D eigenvalue weighted by atomic mass is 32.1. The third-order valence-electron chi connectivity index (χ3n) is 5.19. The van der Waals surface area contributed by atoms with Crippen molar-refractivity contribution in [1.29, 1.82) is 0 Å². The molecule has 2 fully saturated rings. The van der Waals surface area contributed by atoms with E-state index in [1.807, 2.05) is 12.1 Å². The minimum Gasteiger partial charge on any atom is -0.468 e. The minimum absolute atomic E-state index is 0.290. The van der Waals surface area contributed by atoms with Crippen LogP contribution in [0.5, 0.6) is 0 Å². The van der Waals surface area contributed by atoms with Crippen LogP contribution in [0.1, 0.15) is 29.3 Å². The molecular weight excluding hydrogens is 322 g/mol. The summed E-state index contributed by atoms with van der Waals surface area (Å²) in [5.41, 5.74) is 1.19. The van der Waals surface area contributed by atoms with Gasteiger partial charge in [-0.2, -0.15) is 0 Å². The molecule has 0 spiro atoms. The smallest absolute Gasteiger partial charge is 0.117 e. The van der Waals surface area contributed by atoms with Crippen LogP contribution in [0.3, 0.4) is 0 Å². The second-order valence-corrected chi connectivity index (χ2v) is 7.96. The van der Waals surface area contributed by atoms with E-state index in [2.05, 4.69) is 34.1 Å². The first-order chi connectivity index (χ1) is 11.7. The van der Waals surface area contributed by atoms with Crippen molar-refractivity contribution in [3.05, 3.63) is 40.2 Å². The second kappa shape index (κ2) is 6.96. The molecule has 4 rings (SSSR count). The number of hydrogen-bond acceptors (Lipinski definition) is 6. The molecule has 0 saturated carbocycles. The standard InChI is InChI=1S/C18H25N3O2S/c1-13-19-14(12-24-13)9-21-11-17(18-16(21)6-4-8-23-18)20(2)10-15-5-3-7-22-15/h3,5,7,12,16-18H,4,6,8-11H2,1-2H3/t16-,17-,18+/m1/s1. The van der Waals surface area contributed by atoms with E-state index in [1.54, 1.807) is 17.6 Å². The lowest BCUT2D eigenvalue weighted by molar-refractivity contribution is -0.0392. The summed E-state index contributed by atoms with van der Waals surface area (Å²) < 4.78 is 11.7. The number of nitrogens with zero attached hydrogens (tertiary/aromatic N) is 3. The largest absolute Gasteiger partial charge is 0.468 e. The fourth-order valence-electron chi connectivity index (χ4n) is 4.05. The number of thiazole rings is 1. The van der Waals surface area contributed by atoms with Gasteiger partial charge in [-0.05, 0) is 38.9 Å². The van der Waals surface area contributed by atoms with Crippen LogP contribution in [0, 0.1) is 6.92 Å². The summed E-state index contributed by atoms with van der Waals surface area (Å²) in [5, 5.41) is 3.33. The Morgan fingerprint density at radius 2 is 2.38 bits per heavy atom. The van der Waals surface area contributed by atoms with Gasteiger partial charge in [0.05, 0.1) is 35.7 Å². The molecule has 3 atom stereocenters. The Morgan fingerprint density at radius 3 is 3.12 bits per heavy atom. The lowest BCUT2D eigenvalue weighted by Gasteiger charge is -2.34. The van der Waals surface area contributed by atoms with Crippen molar-refractivity contribution in [3.63, 3.8) is 0 Å². The van der Waals surface area contributed by atoms with Crippen LogP contribution in [-0.2, 0) is 17.8 Å². The van der Waals surface area contributed by atoms with Gasteiger partial charge in [0.2, 0.25) is 0 Å². The number of likely N-dealkylation sites (tertiary alicyclic amines) is 1. The Hall–Kier alpha value is -1.21. The van der Waals surface area contributed by atoms with Crippen molar-refractivity contribution < 1.29 is 9.15 Å². The normalized spacial score (nSPS) is 27.7. The van der Waals surface area contributed by atoms with E-state index < -0.39 is 0 Å². The molecule has 2 aromatic rings. The quantitative estimate of drug-likeness (QED) is 0.832. The highest BCUT2D eigenvalue weighted by Gasteiger charge is 2.45. The first-order valence-corrected chi connectivity index (χ1v) is 9.58. The van der Waals surface area contributed by atoms with Crippen LogP contribution in [-0.4, -0.2) is 53.2 Å². The van der Waals surface area contributed by atoms with Gasteiger partial charge < -0.3 is 9.15 Å². The molecule has 130 valence electrons. The molecule has 2 saturated heterocycles. The monoisotopic (exact) mass is 347 g/mol. The number of likely N-dealkylation sites (N-methyl/N-ethyl adjacent to an activating group) is 1. The molecule has 24 heavy (non-hydrogen) atoms. The molecule has 2 aromatic heterocycles. The Bertz CT molecular complexity index is 657. The highest BCUT2D eigenvalue weighted by molar-refractivity contribution is 7.09. The van der Waals surface area contributed by atoms with Crippen LogP contribution < -0.4 is 0 Å². The summed E-state index contributed by atoms with van der Waals surface area (Å²) in [6, 6.07) is 4.90. The van der Waals surface area contributed by atoms with Gasteiger partial charge in [0.15, 0.2) is 0 Å². The second-order valence-electron chi connectivity index (χ2n) is 6.89. The van der Waals surface area contributed by atoms with Crippen molar-refractivity contribution in [3.8, 4) is 0 Å². The van der Waals surface area contributed by atoms with Gasteiger partial charge in [-0.1, -0.05) is 0 Å². The van der Waals surface area contributed by atoms with Gasteiger partial charge in [-0.3, -0.25) is 9.80 Å². The van der Waals surface area contributed by atoms with E-state index in [0.29, 0.717) is 18.2 Å². The Morgan fingerprint density at radius 1 is 1.46 bits per heavy atom. The molecule has 0 aromatic carbocycles. The first kappa shape index (κ1) is 16.3. The fourth-order valence-corrected chi connectivity index (χ4v) is 4.65. The summed E-state index contributed by atoms with van der Waals surface area (Å²) in [6.45, 7) is 5.75. The molecule has 0 unspecified atom stereocenters. The Labute approximate surface area is 147 Å². The average Bonchev–Trinajstić information content (AvgIpc) is 3.29. The number of hydrogen-bond donors (Lipinski definition) is 0. The van der Waals surface area contributed by atoms with Gasteiger partial charge in [-0.15, -0.1) is 11.3 Å². The predicted octanol–water partition coefficient (Wildman–Crippen LogP) is 2.91. The molecule has 2 aliphatic heterocycles. The molecule has 0 radical (unpaired) electrons. The maximum atomic E-state index is 6.20. The zero-order valence-corrected chi connectivity index (χ0v) is 15.2. The maximum Gasteiger partial charge on any atom is 0.117 e. The average molecular weight is 347 g/mol. The van der Waals surface area contributed by atoms with Crippen LogP contribution in [0.25, 0.3) is 0 Å². The first-order valence-electron chi connectivity index (χ1n) is 8.70. The number of furan rings is 1. The molecule has 4 heterocycles. The summed E-state index contributed by atoms with van der Waals surface area (Å²) >= 11 is 1.74. The Balaban J connectivity index is 1.48. The SMILES string of the molecule is Cc1nc(CN2C[C@@H](N(C)Cc3ccco3)[C@H]3OCCC[C@H]32)cs1. The van der Waals surface area contributed by atoms with Crippen molar-refractivity contribution in [2.75, 3.05) is 20.2 Å². The maximum absolute atomic E-state index is 6.20. The minimum atomic E-state index is 0.290. The number of rotatable bonds is 5. The summed E-state index contributed by atoms with van der Waals surface area (Å²) in [5.74, 6) is 1.01. The van der Waals surface area contributed by atoms with Crippen LogP contribution >= 0.6 is 11.3 Å². The van der Waals surface area contributed by atoms with Crippen molar-refractivity contribution in [2.24, 2.45) is 0 Å². The molecule has 6 heteroatoms. The fraction of sp³-hybridized carbons (Fsp3) is 0.611. The Kier molecular flexibility index (Phi) is 4.72. The molecule has 0 bridgehead atoms. The van der Waals surface area contributed by atoms with Gasteiger partial charge in [0.1, 0.15) is 5.76 Å². The van der Waals surface area contributed by atoms with Gasteiger partial charge in [-0.25, -0.2) is 4.98 Å². The summed E-state index contributed by atoms with van der Waals surface area (Å²) in [4.78, 5) is 9.60. The van der Waals surface area contributed by atoms with Gasteiger partial charge in [0, 0.05) is 31.1 Å². The van der Waals surface area contributed by atoms with E-state index in [0.717, 1.165) is 43.4 Å². The molecule has 5 nitrogen and oxygen atoms in total. The van der Waals surface area contributed by atoms with E-state index in [9.17, 15) is 0 Å². The van der Waals surface area contributed by atoms with Crippen molar-refractivity contribution >= 4 is 11.3 Å². The van der Waals surface area contributed by atoms with Crippen LogP contribution in [0.2, 0.25) is 0 Å². The van der Waals surface area contributed by atoms with E-state index in [1.165, 1.54) is 12.1 Å². The van der Waals surface area contributed by atoms with E-state index in [-0.39, 0.29) is 0 Å². The van der Waals surface area contributed by atoms with Crippen LogP contribution in [0.4, 0.5) is 0 Å². The molecular formula is C18H25N3O2S. The number of aryl methyl sites for hydroxylation is 1. The lowest BCUT2D eigenvalue weighted by atomic mass is 10.00. The van der Waals surface area contributed by atoms with Crippen molar-refractivity contribution in [2.45, 2.75) is 51.0 Å². The third-order valence-corrected chi connectivity index (χ3v) is 6.01. The third kappa shape index (κ3) is 3.28. The zero-order valence-electron chi connectivity index (χ0n) is 14.4. The molecule has 0 aliphatic carbocycles.